The van der Waals surface area contributed by atoms with Gasteiger partial charge in [-0.25, -0.2) is 0 Å². The molecule has 0 atom stereocenters. The van der Waals surface area contributed by atoms with E-state index in [1.165, 1.54) is 11.8 Å². The number of carbonyl (C=O) groups excluding carboxylic acids is 1. The van der Waals surface area contributed by atoms with Crippen LogP contribution in [0.25, 0.3) is 11.4 Å². The molecule has 0 bridgehead atoms. The number of hydrogen-bond acceptors (Lipinski definition) is 8. The minimum Gasteiger partial charge on any atom is -0.497 e. The molecule has 1 amide bonds. The fraction of sp³-hybridized carbons (Fsp3) is 0.250. The second-order valence-electron chi connectivity index (χ2n) is 5.85. The SMILES string of the molecule is COc1ccc(-c2noc(CSCC(=O)Nc3cc(OC)ccc3OC)n2)cc1. The lowest BCUT2D eigenvalue weighted by molar-refractivity contribution is -0.113. The minimum atomic E-state index is -0.170. The molecule has 0 saturated heterocycles. The van der Waals surface area contributed by atoms with Crippen molar-refractivity contribution in [2.75, 3.05) is 32.4 Å². The predicted molar refractivity (Wildman–Crippen MR) is 111 cm³/mol. The van der Waals surface area contributed by atoms with Gasteiger partial charge in [0.15, 0.2) is 0 Å². The largest absolute Gasteiger partial charge is 0.497 e. The highest BCUT2D eigenvalue weighted by Crippen LogP contribution is 2.29. The standard InChI is InChI=1S/C20H21N3O5S/c1-25-14-6-4-13(5-7-14)20-22-19(28-23-20)12-29-11-18(24)21-16-10-15(26-2)8-9-17(16)27-3/h4-10H,11-12H2,1-3H3,(H,21,24). The Hall–Kier alpha value is -3.20. The third-order valence-corrected chi connectivity index (χ3v) is 4.87. The predicted octanol–water partition coefficient (Wildman–Crippen LogP) is 3.63. The molecule has 0 radical (unpaired) electrons. The van der Waals surface area contributed by atoms with Crippen LogP contribution in [-0.2, 0) is 10.5 Å². The van der Waals surface area contributed by atoms with Crippen LogP contribution in [0.1, 0.15) is 5.89 Å². The third kappa shape index (κ3) is 5.41. The van der Waals surface area contributed by atoms with E-state index in [1.807, 2.05) is 24.3 Å². The molecule has 1 heterocycles. The van der Waals surface area contributed by atoms with Crippen LogP contribution >= 0.6 is 11.8 Å². The lowest BCUT2D eigenvalue weighted by Crippen LogP contribution is -2.15. The van der Waals surface area contributed by atoms with E-state index in [0.29, 0.717) is 34.7 Å². The molecule has 3 aromatic rings. The van der Waals surface area contributed by atoms with Gasteiger partial charge in [-0.3, -0.25) is 4.79 Å². The van der Waals surface area contributed by atoms with Crippen LogP contribution in [0.3, 0.4) is 0 Å². The molecule has 1 N–H and O–H groups in total. The van der Waals surface area contributed by atoms with Crippen molar-refractivity contribution < 1.29 is 23.5 Å². The van der Waals surface area contributed by atoms with Gasteiger partial charge in [-0.2, -0.15) is 4.98 Å². The summed E-state index contributed by atoms with van der Waals surface area (Å²) in [5.74, 6) is 3.37. The van der Waals surface area contributed by atoms with Gasteiger partial charge in [-0.15, -0.1) is 11.8 Å². The summed E-state index contributed by atoms with van der Waals surface area (Å²) in [7, 11) is 4.72. The number of methoxy groups -OCH3 is 3. The van der Waals surface area contributed by atoms with Crippen molar-refractivity contribution in [1.82, 2.24) is 10.1 Å². The summed E-state index contributed by atoms with van der Waals surface area (Å²) in [6.07, 6.45) is 0. The van der Waals surface area contributed by atoms with Gasteiger partial charge in [0.1, 0.15) is 17.2 Å². The molecule has 152 valence electrons. The Bertz CT molecular complexity index is 959. The number of ether oxygens (including phenoxy) is 3. The number of amides is 1. The molecule has 0 aliphatic carbocycles. The first kappa shape index (κ1) is 20.5. The maximum absolute atomic E-state index is 12.3. The van der Waals surface area contributed by atoms with Gasteiger partial charge in [0, 0.05) is 11.6 Å². The third-order valence-electron chi connectivity index (χ3n) is 3.96. The molecule has 0 aliphatic rings. The van der Waals surface area contributed by atoms with Gasteiger partial charge in [-0.05, 0) is 36.4 Å². The Labute approximate surface area is 172 Å². The van der Waals surface area contributed by atoms with Crippen molar-refractivity contribution in [3.8, 4) is 28.6 Å². The van der Waals surface area contributed by atoms with Gasteiger partial charge < -0.3 is 24.1 Å². The molecule has 8 nitrogen and oxygen atoms in total. The molecular weight excluding hydrogens is 394 g/mol. The van der Waals surface area contributed by atoms with E-state index in [-0.39, 0.29) is 11.7 Å². The number of anilines is 1. The summed E-state index contributed by atoms with van der Waals surface area (Å²) in [6, 6.07) is 12.6. The highest BCUT2D eigenvalue weighted by atomic mass is 32.2. The number of rotatable bonds is 9. The molecule has 2 aromatic carbocycles. The average Bonchev–Trinajstić information content (AvgIpc) is 3.22. The molecule has 0 fully saturated rings. The van der Waals surface area contributed by atoms with Crippen LogP contribution in [0, 0.1) is 0 Å². The Balaban J connectivity index is 1.52. The molecular formula is C20H21N3O5S. The van der Waals surface area contributed by atoms with Crippen molar-refractivity contribution in [3.63, 3.8) is 0 Å². The van der Waals surface area contributed by atoms with Crippen molar-refractivity contribution in [2.45, 2.75) is 5.75 Å². The fourth-order valence-electron chi connectivity index (χ4n) is 2.50. The van der Waals surface area contributed by atoms with E-state index < -0.39 is 0 Å². The van der Waals surface area contributed by atoms with Gasteiger partial charge >= 0.3 is 0 Å². The summed E-state index contributed by atoms with van der Waals surface area (Å²) in [5.41, 5.74) is 1.38. The number of nitrogens with one attached hydrogen (secondary N) is 1. The molecule has 0 spiro atoms. The molecule has 1 aromatic heterocycles. The van der Waals surface area contributed by atoms with Crippen LogP contribution in [0.4, 0.5) is 5.69 Å². The number of thioether (sulfide) groups is 1. The zero-order chi connectivity index (χ0) is 20.6. The van der Waals surface area contributed by atoms with Gasteiger partial charge in [0.2, 0.25) is 17.6 Å². The van der Waals surface area contributed by atoms with E-state index in [4.69, 9.17) is 18.7 Å². The smallest absolute Gasteiger partial charge is 0.236 e. The van der Waals surface area contributed by atoms with E-state index in [9.17, 15) is 4.79 Å². The highest BCUT2D eigenvalue weighted by Gasteiger charge is 2.12. The Morgan fingerprint density at radius 2 is 1.76 bits per heavy atom. The second-order valence-corrected chi connectivity index (χ2v) is 6.83. The first-order valence-electron chi connectivity index (χ1n) is 8.69. The normalized spacial score (nSPS) is 10.4. The molecule has 0 saturated carbocycles. The number of carbonyl (C=O) groups is 1. The van der Waals surface area contributed by atoms with Crippen LogP contribution < -0.4 is 19.5 Å². The van der Waals surface area contributed by atoms with Crippen molar-refractivity contribution in [2.24, 2.45) is 0 Å². The highest BCUT2D eigenvalue weighted by molar-refractivity contribution is 7.99. The number of hydrogen-bond donors (Lipinski definition) is 1. The van der Waals surface area contributed by atoms with Crippen molar-refractivity contribution >= 4 is 23.4 Å². The van der Waals surface area contributed by atoms with E-state index in [2.05, 4.69) is 15.5 Å². The lowest BCUT2D eigenvalue weighted by Gasteiger charge is -2.11. The average molecular weight is 415 g/mol. The topological polar surface area (TPSA) is 95.7 Å². The van der Waals surface area contributed by atoms with Gasteiger partial charge in [0.05, 0.1) is 38.5 Å². The first-order valence-corrected chi connectivity index (χ1v) is 9.85. The second kappa shape index (κ2) is 9.83. The lowest BCUT2D eigenvalue weighted by atomic mass is 10.2. The minimum absolute atomic E-state index is 0.170. The monoisotopic (exact) mass is 415 g/mol. The molecule has 3 rings (SSSR count). The molecule has 9 heteroatoms. The van der Waals surface area contributed by atoms with Crippen LogP contribution in [0.15, 0.2) is 47.0 Å². The van der Waals surface area contributed by atoms with Crippen LogP contribution in [0.5, 0.6) is 17.2 Å². The summed E-state index contributed by atoms with van der Waals surface area (Å²) >= 11 is 1.37. The zero-order valence-electron chi connectivity index (χ0n) is 16.3. The first-order chi connectivity index (χ1) is 14.1. The van der Waals surface area contributed by atoms with Gasteiger partial charge in [0.25, 0.3) is 0 Å². The number of benzene rings is 2. The fourth-order valence-corrected chi connectivity index (χ4v) is 3.15. The summed E-state index contributed by atoms with van der Waals surface area (Å²) in [5, 5.41) is 6.80. The Morgan fingerprint density at radius 1 is 1.03 bits per heavy atom. The maximum Gasteiger partial charge on any atom is 0.236 e. The Morgan fingerprint density at radius 3 is 2.45 bits per heavy atom. The van der Waals surface area contributed by atoms with E-state index in [1.54, 1.807) is 39.5 Å². The molecule has 0 unspecified atom stereocenters. The number of nitrogens with zero attached hydrogens (tertiary/aromatic N) is 2. The summed E-state index contributed by atoms with van der Waals surface area (Å²) < 4.78 is 20.8. The zero-order valence-corrected chi connectivity index (χ0v) is 17.1. The van der Waals surface area contributed by atoms with Crippen molar-refractivity contribution in [1.29, 1.82) is 0 Å². The van der Waals surface area contributed by atoms with Crippen LogP contribution in [0.2, 0.25) is 0 Å². The maximum atomic E-state index is 12.3. The number of aromatic nitrogens is 2. The van der Waals surface area contributed by atoms with Gasteiger partial charge in [-0.1, -0.05) is 5.16 Å². The van der Waals surface area contributed by atoms with Crippen LogP contribution in [-0.4, -0.2) is 43.1 Å². The van der Waals surface area contributed by atoms with E-state index >= 15 is 0 Å². The summed E-state index contributed by atoms with van der Waals surface area (Å²) in [4.78, 5) is 16.6. The quantitative estimate of drug-likeness (QED) is 0.566. The van der Waals surface area contributed by atoms with E-state index in [0.717, 1.165) is 11.3 Å². The Kier molecular flexibility index (Phi) is 6.96. The van der Waals surface area contributed by atoms with Crippen molar-refractivity contribution in [3.05, 3.63) is 48.4 Å². The summed E-state index contributed by atoms with van der Waals surface area (Å²) in [6.45, 7) is 0. The molecule has 0 aliphatic heterocycles. The molecule has 29 heavy (non-hydrogen) atoms.